The number of rotatable bonds is 8. The molecule has 0 atom stereocenters. The van der Waals surface area contributed by atoms with Gasteiger partial charge >= 0.3 is 0 Å². The molecule has 0 bridgehead atoms. The molecule has 0 unspecified atom stereocenters. The van der Waals surface area contributed by atoms with Crippen LogP contribution in [0.4, 0.5) is 0 Å². The predicted molar refractivity (Wildman–Crippen MR) is 74.2 cm³/mol. The Hall–Kier alpha value is 0.375. The van der Waals surface area contributed by atoms with Gasteiger partial charge in [-0.3, -0.25) is 4.31 Å². The molecule has 0 aromatic carbocycles. The maximum atomic E-state index is 2.75. The van der Waals surface area contributed by atoms with Crippen molar-refractivity contribution in [1.29, 1.82) is 0 Å². The summed E-state index contributed by atoms with van der Waals surface area (Å²) < 4.78 is 2.75. The van der Waals surface area contributed by atoms with Crippen LogP contribution in [-0.2, 0) is 0 Å². The molecule has 0 aliphatic heterocycles. The van der Waals surface area contributed by atoms with E-state index in [2.05, 4.69) is 38.5 Å². The number of nitrogens with zero attached hydrogens (tertiary/aromatic N) is 1. The lowest BCUT2D eigenvalue weighted by Gasteiger charge is -2.43. The van der Waals surface area contributed by atoms with E-state index >= 15 is 0 Å². The van der Waals surface area contributed by atoms with E-state index in [-0.39, 0.29) is 0 Å². The van der Waals surface area contributed by atoms with Gasteiger partial charge in [0.15, 0.2) is 0 Å². The Morgan fingerprint density at radius 2 is 1.43 bits per heavy atom. The van der Waals surface area contributed by atoms with Gasteiger partial charge in [-0.1, -0.05) is 26.7 Å². The number of hydrogen-bond acceptors (Lipinski definition) is 1. The van der Waals surface area contributed by atoms with Gasteiger partial charge in [-0.2, -0.15) is 0 Å². The van der Waals surface area contributed by atoms with Crippen LogP contribution in [0, 0.1) is 0 Å². The van der Waals surface area contributed by atoms with Crippen molar-refractivity contribution in [3.05, 3.63) is 0 Å². The molecule has 0 N–H and O–H groups in total. The summed E-state index contributed by atoms with van der Waals surface area (Å²) in [7, 11) is 1.86. The molecule has 14 heavy (non-hydrogen) atoms. The third kappa shape index (κ3) is 5.30. The molecule has 0 saturated carbocycles. The average molecular weight is 217 g/mol. The minimum absolute atomic E-state index is 0.471. The van der Waals surface area contributed by atoms with Crippen LogP contribution < -0.4 is 0 Å². The van der Waals surface area contributed by atoms with Crippen molar-refractivity contribution in [3.8, 4) is 0 Å². The fourth-order valence-corrected chi connectivity index (χ4v) is 3.07. The van der Waals surface area contributed by atoms with Gasteiger partial charge in [-0.15, -0.1) is 0 Å². The van der Waals surface area contributed by atoms with Crippen LogP contribution in [0.25, 0.3) is 0 Å². The molecular weight excluding hydrogens is 189 g/mol. The summed E-state index contributed by atoms with van der Waals surface area (Å²) >= 11 is 0. The Bertz CT molecular complexity index is 131. The Balaban J connectivity index is 4.08. The summed E-state index contributed by atoms with van der Waals surface area (Å²) in [5, 5.41) is 0. The van der Waals surface area contributed by atoms with Crippen LogP contribution in [0.5, 0.6) is 0 Å². The normalized spacial score (nSPS) is 13.5. The fraction of sp³-hybridized carbons (Fsp3) is 1.00. The van der Waals surface area contributed by atoms with Crippen molar-refractivity contribution in [3.63, 3.8) is 0 Å². The maximum Gasteiger partial charge on any atom is 0.113 e. The quantitative estimate of drug-likeness (QED) is 0.564. The van der Waals surface area contributed by atoms with Crippen LogP contribution >= 0.6 is 10.2 Å². The highest BCUT2D eigenvalue weighted by atomic mass is 32.3. The van der Waals surface area contributed by atoms with E-state index in [0.717, 1.165) is 0 Å². The molecule has 0 spiro atoms. The highest BCUT2D eigenvalue weighted by Crippen LogP contribution is 2.42. The molecule has 3 heteroatoms. The second kappa shape index (κ2) is 7.64. The lowest BCUT2D eigenvalue weighted by Crippen LogP contribution is -2.30. The van der Waals surface area contributed by atoms with E-state index < -0.39 is 10.2 Å². The monoisotopic (exact) mass is 217 g/mol. The summed E-state index contributed by atoms with van der Waals surface area (Å²) in [4.78, 5) is 0. The predicted octanol–water partition coefficient (Wildman–Crippen LogP) is 2.46. The summed E-state index contributed by atoms with van der Waals surface area (Å²) in [5.41, 5.74) is 1.33. The molecule has 0 fully saturated rings. The first kappa shape index (κ1) is 14.4. The molecule has 0 radical (unpaired) electrons. The number of unbranched alkanes of at least 4 members (excludes halogenated alkanes) is 2. The zero-order chi connectivity index (χ0) is 11.0. The van der Waals surface area contributed by atoms with Crippen molar-refractivity contribution in [2.45, 2.75) is 39.5 Å². The Kier molecular flexibility index (Phi) is 7.84. The second-order valence-corrected chi connectivity index (χ2v) is 8.46. The lowest BCUT2D eigenvalue weighted by molar-refractivity contribution is 0.436. The van der Waals surface area contributed by atoms with Gasteiger partial charge in [0, 0.05) is 13.1 Å². The molecule has 0 aromatic rings. The number of hydrogen-bond donors (Lipinski definition) is 0. The summed E-state index contributed by atoms with van der Waals surface area (Å²) in [6, 6.07) is 0. The van der Waals surface area contributed by atoms with E-state index in [1.54, 1.807) is 0 Å². The van der Waals surface area contributed by atoms with Gasteiger partial charge in [0.25, 0.3) is 0 Å². The van der Waals surface area contributed by atoms with E-state index in [4.69, 9.17) is 0 Å². The van der Waals surface area contributed by atoms with Gasteiger partial charge in [0.2, 0.25) is 0 Å². The van der Waals surface area contributed by atoms with Crippen LogP contribution in [0.3, 0.4) is 0 Å². The van der Waals surface area contributed by atoms with E-state index in [0.29, 0.717) is 0 Å². The summed E-state index contributed by atoms with van der Waals surface area (Å²) in [6.45, 7) is 7.19. The average Bonchev–Trinajstić information content (AvgIpc) is 2.17. The van der Waals surface area contributed by atoms with Gasteiger partial charge in [0.05, 0.1) is 0 Å². The van der Waals surface area contributed by atoms with Crippen LogP contribution in [0.2, 0.25) is 0 Å². The molecule has 0 saturated heterocycles. The minimum Gasteiger partial charge on any atom is -0.269 e. The second-order valence-electron chi connectivity index (χ2n) is 4.40. The molecule has 0 aliphatic carbocycles. The summed E-state index contributed by atoms with van der Waals surface area (Å²) in [5.74, 6) is 0. The SMILES string of the molecule is BCS(C)(C)N(CCCC)CCCC. The fourth-order valence-electron chi connectivity index (χ4n) is 1.46. The standard InChI is InChI=1S/C11H28BNS/c1-5-7-9-13(10-8-6-2)14(3,4)11-12/h5-12H2,1-4H3. The molecule has 0 rings (SSSR count). The highest BCUT2D eigenvalue weighted by molar-refractivity contribution is 8.31. The molecule has 0 amide bonds. The van der Waals surface area contributed by atoms with Gasteiger partial charge in [-0.25, -0.2) is 10.2 Å². The van der Waals surface area contributed by atoms with Gasteiger partial charge in [-0.05, 0) is 31.0 Å². The van der Waals surface area contributed by atoms with Gasteiger partial charge < -0.3 is 0 Å². The molecule has 0 heterocycles. The van der Waals surface area contributed by atoms with Crippen molar-refractivity contribution in [2.24, 2.45) is 0 Å². The zero-order valence-corrected chi connectivity index (χ0v) is 11.6. The van der Waals surface area contributed by atoms with Crippen LogP contribution in [-0.4, -0.2) is 43.4 Å². The van der Waals surface area contributed by atoms with E-state index in [1.807, 2.05) is 0 Å². The molecular formula is C11H28BNS. The maximum absolute atomic E-state index is 2.75. The third-order valence-corrected chi connectivity index (χ3v) is 6.10. The van der Waals surface area contributed by atoms with E-state index in [9.17, 15) is 0 Å². The van der Waals surface area contributed by atoms with Crippen LogP contribution in [0.1, 0.15) is 39.5 Å². The Morgan fingerprint density at radius 1 is 1.00 bits per heavy atom. The Labute approximate surface area is 93.5 Å². The smallest absolute Gasteiger partial charge is 0.113 e. The third-order valence-electron chi connectivity index (χ3n) is 2.93. The van der Waals surface area contributed by atoms with E-state index in [1.165, 1.54) is 44.4 Å². The minimum atomic E-state index is -0.471. The first-order valence-electron chi connectivity index (χ1n) is 6.04. The first-order chi connectivity index (χ1) is 6.58. The molecule has 1 nitrogen and oxygen atoms in total. The van der Waals surface area contributed by atoms with Crippen molar-refractivity contribution >= 4 is 18.1 Å². The van der Waals surface area contributed by atoms with Gasteiger partial charge in [0.1, 0.15) is 7.85 Å². The molecule has 0 aromatic heterocycles. The summed E-state index contributed by atoms with van der Waals surface area (Å²) in [6.07, 6.45) is 10.3. The molecule has 0 aliphatic rings. The highest BCUT2D eigenvalue weighted by Gasteiger charge is 2.17. The van der Waals surface area contributed by atoms with Crippen molar-refractivity contribution in [1.82, 2.24) is 4.31 Å². The molecule has 86 valence electrons. The topological polar surface area (TPSA) is 3.24 Å². The van der Waals surface area contributed by atoms with Crippen LogP contribution in [0.15, 0.2) is 0 Å². The first-order valence-corrected chi connectivity index (χ1v) is 8.62. The van der Waals surface area contributed by atoms with Crippen molar-refractivity contribution in [2.75, 3.05) is 31.3 Å². The largest absolute Gasteiger partial charge is 0.269 e. The zero-order valence-electron chi connectivity index (χ0n) is 10.8. The lowest BCUT2D eigenvalue weighted by atomic mass is 10.2. The van der Waals surface area contributed by atoms with Crippen molar-refractivity contribution < 1.29 is 0 Å². The Morgan fingerprint density at radius 3 is 1.71 bits per heavy atom.